The van der Waals surface area contributed by atoms with Gasteiger partial charge in [0.05, 0.1) is 6.20 Å². The summed E-state index contributed by atoms with van der Waals surface area (Å²) in [6.07, 6.45) is 2.95. The highest BCUT2D eigenvalue weighted by atomic mass is 16.5. The molecule has 0 aliphatic heterocycles. The molecule has 0 aliphatic rings. The number of hydrogen-bond donors (Lipinski definition) is 2. The second-order valence-electron chi connectivity index (χ2n) is 4.59. The highest BCUT2D eigenvalue weighted by Crippen LogP contribution is 2.25. The van der Waals surface area contributed by atoms with E-state index in [1.807, 2.05) is 13.8 Å². The fraction of sp³-hybridized carbons (Fsp3) is 0.308. The Kier molecular flexibility index (Phi) is 3.50. The van der Waals surface area contributed by atoms with E-state index in [0.717, 1.165) is 5.56 Å². The molecular formula is C13H15N3O3. The molecule has 100 valence electrons. The number of pyridine rings is 1. The van der Waals surface area contributed by atoms with Crippen molar-refractivity contribution in [2.75, 3.05) is 5.32 Å². The zero-order valence-electron chi connectivity index (χ0n) is 11.0. The minimum Gasteiger partial charge on any atom is -0.505 e. The van der Waals surface area contributed by atoms with Crippen LogP contribution in [0.4, 0.5) is 5.69 Å². The monoisotopic (exact) mass is 261 g/mol. The number of amides is 1. The third-order valence-electron chi connectivity index (χ3n) is 2.59. The van der Waals surface area contributed by atoms with E-state index in [1.54, 1.807) is 6.92 Å². The van der Waals surface area contributed by atoms with E-state index >= 15 is 0 Å². The molecule has 0 fully saturated rings. The highest BCUT2D eigenvalue weighted by Gasteiger charge is 2.18. The second-order valence-corrected chi connectivity index (χ2v) is 4.59. The van der Waals surface area contributed by atoms with Gasteiger partial charge in [0.15, 0.2) is 11.5 Å². The van der Waals surface area contributed by atoms with E-state index in [0.29, 0.717) is 11.4 Å². The zero-order valence-corrected chi connectivity index (χ0v) is 11.0. The predicted octanol–water partition coefficient (Wildman–Crippen LogP) is 2.46. The first-order chi connectivity index (χ1) is 8.99. The van der Waals surface area contributed by atoms with E-state index in [4.69, 9.17) is 4.52 Å². The topological polar surface area (TPSA) is 88.3 Å². The molecule has 2 heterocycles. The van der Waals surface area contributed by atoms with Gasteiger partial charge < -0.3 is 14.9 Å². The molecule has 6 heteroatoms. The van der Waals surface area contributed by atoms with Gasteiger partial charge in [-0.15, -0.1) is 0 Å². The van der Waals surface area contributed by atoms with Crippen LogP contribution in [0, 0.1) is 6.92 Å². The first-order valence-corrected chi connectivity index (χ1v) is 5.90. The summed E-state index contributed by atoms with van der Waals surface area (Å²) < 4.78 is 5.06. The minimum atomic E-state index is -0.498. The number of anilines is 1. The SMILES string of the molecule is Cc1cnc(C(=O)Nc2cnoc2C(C)C)c(O)c1. The lowest BCUT2D eigenvalue weighted by Crippen LogP contribution is -2.14. The van der Waals surface area contributed by atoms with Crippen molar-refractivity contribution >= 4 is 11.6 Å². The molecule has 0 saturated carbocycles. The maximum atomic E-state index is 12.0. The lowest BCUT2D eigenvalue weighted by molar-refractivity contribution is 0.101. The molecule has 2 aromatic rings. The average molecular weight is 261 g/mol. The van der Waals surface area contributed by atoms with Gasteiger partial charge in [-0.05, 0) is 18.6 Å². The largest absolute Gasteiger partial charge is 0.505 e. The number of aromatic nitrogens is 2. The standard InChI is InChI=1S/C13H15N3O3/c1-7(2)12-9(6-15-19-12)16-13(18)11-10(17)4-8(3)5-14-11/h4-7,17H,1-3H3,(H,16,18). The van der Waals surface area contributed by atoms with Crippen LogP contribution in [0.5, 0.6) is 5.75 Å². The predicted molar refractivity (Wildman–Crippen MR) is 69.2 cm³/mol. The molecule has 2 N–H and O–H groups in total. The molecule has 0 spiro atoms. The minimum absolute atomic E-state index is 0.0264. The van der Waals surface area contributed by atoms with Crippen molar-refractivity contribution in [3.05, 3.63) is 35.5 Å². The normalized spacial score (nSPS) is 10.7. The number of hydrogen-bond acceptors (Lipinski definition) is 5. The lowest BCUT2D eigenvalue weighted by Gasteiger charge is -2.07. The summed E-state index contributed by atoms with van der Waals surface area (Å²) in [5.41, 5.74) is 1.24. The van der Waals surface area contributed by atoms with E-state index in [9.17, 15) is 9.90 Å². The third-order valence-corrected chi connectivity index (χ3v) is 2.59. The summed E-state index contributed by atoms with van der Waals surface area (Å²) in [6.45, 7) is 5.64. The molecule has 0 aliphatic carbocycles. The lowest BCUT2D eigenvalue weighted by atomic mass is 10.1. The number of nitrogens with zero attached hydrogens (tertiary/aromatic N) is 2. The summed E-state index contributed by atoms with van der Waals surface area (Å²) in [5.74, 6) is 0.0278. The molecule has 0 bridgehead atoms. The van der Waals surface area contributed by atoms with Crippen molar-refractivity contribution in [1.29, 1.82) is 0 Å². The molecule has 2 rings (SSSR count). The van der Waals surface area contributed by atoms with Crippen molar-refractivity contribution in [2.24, 2.45) is 0 Å². The fourth-order valence-corrected chi connectivity index (χ4v) is 1.67. The van der Waals surface area contributed by atoms with Crippen LogP contribution in [0.3, 0.4) is 0 Å². The van der Waals surface area contributed by atoms with E-state index in [2.05, 4.69) is 15.5 Å². The summed E-state index contributed by atoms with van der Waals surface area (Å²) >= 11 is 0. The number of carbonyl (C=O) groups excluding carboxylic acids is 1. The fourth-order valence-electron chi connectivity index (χ4n) is 1.67. The quantitative estimate of drug-likeness (QED) is 0.886. The van der Waals surface area contributed by atoms with Crippen LogP contribution >= 0.6 is 0 Å². The molecule has 1 amide bonds. The van der Waals surface area contributed by atoms with Gasteiger partial charge in [0, 0.05) is 12.1 Å². The van der Waals surface area contributed by atoms with Crippen LogP contribution in [0.1, 0.15) is 41.6 Å². The van der Waals surface area contributed by atoms with Crippen molar-refractivity contribution in [2.45, 2.75) is 26.7 Å². The Hall–Kier alpha value is -2.37. The van der Waals surface area contributed by atoms with Crippen molar-refractivity contribution in [1.82, 2.24) is 10.1 Å². The molecule has 0 atom stereocenters. The van der Waals surface area contributed by atoms with E-state index in [1.165, 1.54) is 18.5 Å². The number of rotatable bonds is 3. The van der Waals surface area contributed by atoms with Crippen LogP contribution in [-0.4, -0.2) is 21.2 Å². The Labute approximate surface area is 110 Å². The zero-order chi connectivity index (χ0) is 14.0. The van der Waals surface area contributed by atoms with Gasteiger partial charge in [-0.3, -0.25) is 4.79 Å². The summed E-state index contributed by atoms with van der Waals surface area (Å²) in [5, 5.41) is 16.0. The summed E-state index contributed by atoms with van der Waals surface area (Å²) in [7, 11) is 0. The Morgan fingerprint density at radius 2 is 2.16 bits per heavy atom. The van der Waals surface area contributed by atoms with Crippen LogP contribution in [0.2, 0.25) is 0 Å². The van der Waals surface area contributed by atoms with Crippen LogP contribution in [-0.2, 0) is 0 Å². The molecule has 0 aromatic carbocycles. The maximum absolute atomic E-state index is 12.0. The number of carbonyl (C=O) groups is 1. The van der Waals surface area contributed by atoms with Crippen LogP contribution < -0.4 is 5.32 Å². The summed E-state index contributed by atoms with van der Waals surface area (Å²) in [4.78, 5) is 15.9. The number of aromatic hydroxyl groups is 1. The maximum Gasteiger partial charge on any atom is 0.278 e. The van der Waals surface area contributed by atoms with E-state index < -0.39 is 5.91 Å². The molecule has 0 saturated heterocycles. The van der Waals surface area contributed by atoms with Gasteiger partial charge in [0.25, 0.3) is 5.91 Å². The van der Waals surface area contributed by atoms with Gasteiger partial charge in [-0.25, -0.2) is 4.98 Å². The molecule has 0 radical (unpaired) electrons. The molecule has 0 unspecified atom stereocenters. The molecule has 19 heavy (non-hydrogen) atoms. The smallest absolute Gasteiger partial charge is 0.278 e. The molecule has 6 nitrogen and oxygen atoms in total. The first kappa shape index (κ1) is 13.1. The van der Waals surface area contributed by atoms with Crippen molar-refractivity contribution in [3.8, 4) is 5.75 Å². The van der Waals surface area contributed by atoms with Crippen LogP contribution in [0.25, 0.3) is 0 Å². The Bertz CT molecular complexity index is 605. The average Bonchev–Trinajstić information content (AvgIpc) is 2.76. The van der Waals surface area contributed by atoms with Gasteiger partial charge >= 0.3 is 0 Å². The third kappa shape index (κ3) is 2.73. The molecule has 2 aromatic heterocycles. The first-order valence-electron chi connectivity index (χ1n) is 5.90. The Morgan fingerprint density at radius 3 is 2.79 bits per heavy atom. The second kappa shape index (κ2) is 5.09. The Balaban J connectivity index is 2.23. The van der Waals surface area contributed by atoms with Gasteiger partial charge in [-0.1, -0.05) is 19.0 Å². The number of aryl methyl sites for hydroxylation is 1. The van der Waals surface area contributed by atoms with Gasteiger partial charge in [0.1, 0.15) is 11.4 Å². The Morgan fingerprint density at radius 1 is 1.42 bits per heavy atom. The van der Waals surface area contributed by atoms with Crippen molar-refractivity contribution < 1.29 is 14.4 Å². The molecular weight excluding hydrogens is 246 g/mol. The van der Waals surface area contributed by atoms with Crippen molar-refractivity contribution in [3.63, 3.8) is 0 Å². The van der Waals surface area contributed by atoms with E-state index in [-0.39, 0.29) is 17.4 Å². The summed E-state index contributed by atoms with van der Waals surface area (Å²) in [6, 6.07) is 1.49. The van der Waals surface area contributed by atoms with Crippen LogP contribution in [0.15, 0.2) is 23.0 Å². The van der Waals surface area contributed by atoms with Gasteiger partial charge in [0.2, 0.25) is 0 Å². The van der Waals surface area contributed by atoms with Gasteiger partial charge in [-0.2, -0.15) is 0 Å². The number of nitrogens with one attached hydrogen (secondary N) is 1. The highest BCUT2D eigenvalue weighted by molar-refractivity contribution is 6.04.